The maximum Gasteiger partial charge on any atom is 0.262 e. The number of anilines is 2. The van der Waals surface area contributed by atoms with Crippen molar-refractivity contribution in [3.8, 4) is 17.2 Å². The zero-order valence-electron chi connectivity index (χ0n) is 17.1. The Morgan fingerprint density at radius 1 is 1.07 bits per heavy atom. The molecule has 0 saturated heterocycles. The Labute approximate surface area is 175 Å². The number of hydrogen-bond acceptors (Lipinski definition) is 4. The highest BCUT2D eigenvalue weighted by Crippen LogP contribution is 2.39. The van der Waals surface area contributed by atoms with Gasteiger partial charge in [-0.3, -0.25) is 9.59 Å². The van der Waals surface area contributed by atoms with Gasteiger partial charge in [-0.15, -0.1) is 0 Å². The molecule has 2 amide bonds. The average molecular weight is 402 g/mol. The molecule has 1 aliphatic rings. The van der Waals surface area contributed by atoms with Crippen LogP contribution in [0.2, 0.25) is 0 Å². The second kappa shape index (κ2) is 7.91. The molecule has 0 saturated carbocycles. The number of fused-ring (bicyclic) bond motifs is 2. The summed E-state index contributed by atoms with van der Waals surface area (Å²) in [6, 6.07) is 17.8. The maximum absolute atomic E-state index is 13.1. The summed E-state index contributed by atoms with van der Waals surface area (Å²) < 4.78 is 11.3. The molecule has 1 aliphatic heterocycles. The Balaban J connectivity index is 1.70. The number of nitrogens with zero attached hydrogens (tertiary/aromatic N) is 1. The van der Waals surface area contributed by atoms with Crippen LogP contribution in [0.25, 0.3) is 0 Å². The Bertz CT molecular complexity index is 1140. The minimum absolute atomic E-state index is 0.162. The lowest BCUT2D eigenvalue weighted by Gasteiger charge is -2.21. The molecule has 0 radical (unpaired) electrons. The van der Waals surface area contributed by atoms with Gasteiger partial charge in [-0.1, -0.05) is 18.2 Å². The van der Waals surface area contributed by atoms with E-state index in [4.69, 9.17) is 9.47 Å². The third-order valence-electron chi connectivity index (χ3n) is 5.01. The van der Waals surface area contributed by atoms with Crippen molar-refractivity contribution in [3.05, 3.63) is 77.4 Å². The van der Waals surface area contributed by atoms with Crippen LogP contribution in [0.4, 0.5) is 11.4 Å². The van der Waals surface area contributed by atoms with Crippen LogP contribution >= 0.6 is 0 Å². The highest BCUT2D eigenvalue weighted by Gasteiger charge is 2.28. The molecule has 0 aromatic heterocycles. The predicted molar refractivity (Wildman–Crippen MR) is 116 cm³/mol. The lowest BCUT2D eigenvalue weighted by Crippen LogP contribution is -2.30. The summed E-state index contributed by atoms with van der Waals surface area (Å²) >= 11 is 0. The number of aryl methyl sites for hydroxylation is 1. The first kappa shape index (κ1) is 19.5. The summed E-state index contributed by atoms with van der Waals surface area (Å²) in [5.41, 5.74) is 3.05. The minimum atomic E-state index is -0.299. The monoisotopic (exact) mass is 402 g/mol. The highest BCUT2D eigenvalue weighted by molar-refractivity contribution is 6.11. The topological polar surface area (TPSA) is 67.9 Å². The molecule has 6 heteroatoms. The summed E-state index contributed by atoms with van der Waals surface area (Å²) in [6.45, 7) is 4.28. The molecule has 3 aromatic rings. The van der Waals surface area contributed by atoms with Gasteiger partial charge >= 0.3 is 0 Å². The largest absolute Gasteiger partial charge is 0.495 e. The van der Waals surface area contributed by atoms with Gasteiger partial charge < -0.3 is 19.7 Å². The van der Waals surface area contributed by atoms with Gasteiger partial charge in [0.2, 0.25) is 0 Å². The summed E-state index contributed by atoms with van der Waals surface area (Å²) in [5, 5.41) is 2.89. The third kappa shape index (κ3) is 3.48. The number of hydrogen-bond donors (Lipinski definition) is 1. The van der Waals surface area contributed by atoms with Gasteiger partial charge in [-0.2, -0.15) is 0 Å². The fourth-order valence-electron chi connectivity index (χ4n) is 3.49. The Hall–Kier alpha value is -3.80. The quantitative estimate of drug-likeness (QED) is 0.665. The molecule has 4 rings (SSSR count). The van der Waals surface area contributed by atoms with Crippen LogP contribution in [-0.2, 0) is 0 Å². The molecular formula is C24H22N2O4. The number of carbonyl (C=O) groups is 2. The number of rotatable bonds is 4. The molecule has 1 heterocycles. The smallest absolute Gasteiger partial charge is 0.262 e. The number of para-hydroxylation sites is 1. The SMILES string of the molecule is CCN1C(=O)c2ccccc2Oc2ccc(C(=O)Nc3cc(C)ccc3OC)cc21. The van der Waals surface area contributed by atoms with E-state index in [0.29, 0.717) is 46.3 Å². The Morgan fingerprint density at radius 2 is 1.87 bits per heavy atom. The fraction of sp³-hybridized carbons (Fsp3) is 0.167. The van der Waals surface area contributed by atoms with Crippen molar-refractivity contribution < 1.29 is 19.1 Å². The van der Waals surface area contributed by atoms with E-state index < -0.39 is 0 Å². The summed E-state index contributed by atoms with van der Waals surface area (Å²) in [7, 11) is 1.56. The van der Waals surface area contributed by atoms with Crippen LogP contribution in [0.1, 0.15) is 33.2 Å². The number of nitrogens with one attached hydrogen (secondary N) is 1. The van der Waals surface area contributed by atoms with E-state index in [-0.39, 0.29) is 11.8 Å². The van der Waals surface area contributed by atoms with E-state index in [9.17, 15) is 9.59 Å². The fourth-order valence-corrected chi connectivity index (χ4v) is 3.49. The zero-order valence-corrected chi connectivity index (χ0v) is 17.1. The summed E-state index contributed by atoms with van der Waals surface area (Å²) in [5.74, 6) is 1.14. The molecule has 30 heavy (non-hydrogen) atoms. The zero-order chi connectivity index (χ0) is 21.3. The van der Waals surface area contributed by atoms with Crippen molar-refractivity contribution in [1.82, 2.24) is 0 Å². The van der Waals surface area contributed by atoms with E-state index in [1.807, 2.05) is 38.1 Å². The maximum atomic E-state index is 13.1. The standard InChI is InChI=1S/C24H22N2O4/c1-4-26-19-14-16(23(27)25-18-13-15(2)9-11-21(18)29-3)10-12-22(19)30-20-8-6-5-7-17(20)24(26)28/h5-14H,4H2,1-3H3,(H,25,27). The van der Waals surface area contributed by atoms with Gasteiger partial charge in [0, 0.05) is 12.1 Å². The van der Waals surface area contributed by atoms with Crippen molar-refractivity contribution in [1.29, 1.82) is 0 Å². The molecule has 0 bridgehead atoms. The van der Waals surface area contributed by atoms with E-state index in [0.717, 1.165) is 5.56 Å². The number of carbonyl (C=O) groups excluding carboxylic acids is 2. The van der Waals surface area contributed by atoms with Gasteiger partial charge in [-0.25, -0.2) is 0 Å². The van der Waals surface area contributed by atoms with Gasteiger partial charge in [0.05, 0.1) is 24.0 Å². The number of benzene rings is 3. The molecule has 3 aromatic carbocycles. The molecule has 0 spiro atoms. The van der Waals surface area contributed by atoms with E-state index in [1.165, 1.54) is 0 Å². The second-order valence-electron chi connectivity index (χ2n) is 6.99. The first-order chi connectivity index (χ1) is 14.5. The highest BCUT2D eigenvalue weighted by atomic mass is 16.5. The van der Waals surface area contributed by atoms with Crippen LogP contribution < -0.4 is 19.7 Å². The minimum Gasteiger partial charge on any atom is -0.495 e. The number of methoxy groups -OCH3 is 1. The predicted octanol–water partition coefficient (Wildman–Crippen LogP) is 5.03. The molecular weight excluding hydrogens is 380 g/mol. The first-order valence-corrected chi connectivity index (χ1v) is 9.70. The average Bonchev–Trinajstić information content (AvgIpc) is 2.87. The van der Waals surface area contributed by atoms with Crippen molar-refractivity contribution in [2.45, 2.75) is 13.8 Å². The van der Waals surface area contributed by atoms with Crippen molar-refractivity contribution in [3.63, 3.8) is 0 Å². The number of ether oxygens (including phenoxy) is 2. The summed E-state index contributed by atoms with van der Waals surface area (Å²) in [4.78, 5) is 27.6. The van der Waals surface area contributed by atoms with Gasteiger partial charge in [0.15, 0.2) is 5.75 Å². The van der Waals surface area contributed by atoms with Crippen LogP contribution in [-0.4, -0.2) is 25.5 Å². The lowest BCUT2D eigenvalue weighted by molar-refractivity contribution is 0.0985. The summed E-state index contributed by atoms with van der Waals surface area (Å²) in [6.07, 6.45) is 0. The van der Waals surface area contributed by atoms with Crippen LogP contribution in [0.3, 0.4) is 0 Å². The molecule has 6 nitrogen and oxygen atoms in total. The van der Waals surface area contributed by atoms with Crippen LogP contribution in [0.5, 0.6) is 17.2 Å². The first-order valence-electron chi connectivity index (χ1n) is 9.70. The Morgan fingerprint density at radius 3 is 2.63 bits per heavy atom. The van der Waals surface area contributed by atoms with E-state index in [2.05, 4.69) is 5.32 Å². The molecule has 0 fully saturated rings. The lowest BCUT2D eigenvalue weighted by atomic mass is 10.1. The molecule has 0 aliphatic carbocycles. The van der Waals surface area contributed by atoms with Crippen molar-refractivity contribution in [2.24, 2.45) is 0 Å². The molecule has 1 N–H and O–H groups in total. The van der Waals surface area contributed by atoms with Crippen molar-refractivity contribution in [2.75, 3.05) is 23.9 Å². The molecule has 0 atom stereocenters. The molecule has 0 unspecified atom stereocenters. The van der Waals surface area contributed by atoms with Gasteiger partial charge in [0.1, 0.15) is 11.5 Å². The third-order valence-corrected chi connectivity index (χ3v) is 5.01. The van der Waals surface area contributed by atoms with Crippen molar-refractivity contribution >= 4 is 23.2 Å². The normalized spacial score (nSPS) is 12.4. The number of amides is 2. The van der Waals surface area contributed by atoms with Crippen LogP contribution in [0, 0.1) is 6.92 Å². The molecule has 152 valence electrons. The second-order valence-corrected chi connectivity index (χ2v) is 6.99. The van der Waals surface area contributed by atoms with E-state index >= 15 is 0 Å². The van der Waals surface area contributed by atoms with Gasteiger partial charge in [0.25, 0.3) is 11.8 Å². The Kier molecular flexibility index (Phi) is 5.14. The van der Waals surface area contributed by atoms with E-state index in [1.54, 1.807) is 48.4 Å². The van der Waals surface area contributed by atoms with Gasteiger partial charge in [-0.05, 0) is 61.9 Å². The van der Waals surface area contributed by atoms with Crippen LogP contribution in [0.15, 0.2) is 60.7 Å².